The molecule has 9 nitrogen and oxygen atoms in total. The van der Waals surface area contributed by atoms with Crippen LogP contribution in [0.2, 0.25) is 0 Å². The molecule has 0 radical (unpaired) electrons. The maximum absolute atomic E-state index is 11.8. The first-order valence-corrected chi connectivity index (χ1v) is 8.61. The molecule has 0 amide bonds. The molecule has 3 aromatic rings. The molecule has 0 fully saturated rings. The summed E-state index contributed by atoms with van der Waals surface area (Å²) in [6, 6.07) is 10.7. The van der Waals surface area contributed by atoms with E-state index in [2.05, 4.69) is 29.1 Å². The maximum atomic E-state index is 11.8. The molecule has 3 N–H and O–H groups in total. The van der Waals surface area contributed by atoms with Crippen LogP contribution in [0.3, 0.4) is 0 Å². The van der Waals surface area contributed by atoms with Crippen LogP contribution in [0.4, 0.5) is 5.82 Å². The second-order valence-electron chi connectivity index (χ2n) is 5.10. The quantitative estimate of drug-likeness (QED) is 0.700. The molecule has 3 aromatic heterocycles. The van der Waals surface area contributed by atoms with Crippen LogP contribution in [0.1, 0.15) is 5.69 Å². The van der Waals surface area contributed by atoms with Gasteiger partial charge in [-0.2, -0.15) is 8.42 Å². The smallest absolute Gasteiger partial charge is 0.345 e. The summed E-state index contributed by atoms with van der Waals surface area (Å²) < 4.78 is 29.2. The lowest BCUT2D eigenvalue weighted by atomic mass is 10.1. The molecule has 10 heteroatoms. The van der Waals surface area contributed by atoms with Crippen LogP contribution in [-0.2, 0) is 10.2 Å². The minimum atomic E-state index is -3.95. The van der Waals surface area contributed by atoms with E-state index in [9.17, 15) is 8.42 Å². The fraction of sp³-hybridized carbons (Fsp3) is 0. The van der Waals surface area contributed by atoms with E-state index in [0.29, 0.717) is 22.8 Å². The Bertz CT molecular complexity index is 1080. The lowest BCUT2D eigenvalue weighted by molar-refractivity contribution is 0.602. The minimum Gasteiger partial charge on any atom is -0.381 e. The van der Waals surface area contributed by atoms with Crippen molar-refractivity contribution < 1.29 is 8.42 Å². The van der Waals surface area contributed by atoms with Crippen molar-refractivity contribution in [3.63, 3.8) is 0 Å². The van der Waals surface area contributed by atoms with E-state index in [0.717, 1.165) is 0 Å². The SMILES string of the molecule is NC1=NS(=O)(=O)Nc2nc(-c3ccccn3)c(-c3ccccn3)nc21. The van der Waals surface area contributed by atoms with E-state index >= 15 is 0 Å². The lowest BCUT2D eigenvalue weighted by Gasteiger charge is -2.17. The zero-order valence-electron chi connectivity index (χ0n) is 12.7. The Labute approximate surface area is 142 Å². The largest absolute Gasteiger partial charge is 0.381 e. The Kier molecular flexibility index (Phi) is 3.39. The number of nitrogens with one attached hydrogen (secondary N) is 1. The molecule has 1 aliphatic rings. The topological polar surface area (TPSA) is 136 Å². The number of nitrogens with two attached hydrogens (primary N) is 1. The highest BCUT2D eigenvalue weighted by molar-refractivity contribution is 7.91. The number of nitrogens with zero attached hydrogens (tertiary/aromatic N) is 5. The van der Waals surface area contributed by atoms with Gasteiger partial charge in [-0.1, -0.05) is 12.1 Å². The van der Waals surface area contributed by atoms with Crippen LogP contribution in [0, 0.1) is 0 Å². The number of rotatable bonds is 2. The fourth-order valence-electron chi connectivity index (χ4n) is 2.37. The van der Waals surface area contributed by atoms with Gasteiger partial charge in [0.2, 0.25) is 0 Å². The minimum absolute atomic E-state index is 0.00725. The van der Waals surface area contributed by atoms with Gasteiger partial charge >= 0.3 is 10.2 Å². The van der Waals surface area contributed by atoms with Crippen LogP contribution < -0.4 is 10.5 Å². The average Bonchev–Trinajstić information content (AvgIpc) is 2.61. The van der Waals surface area contributed by atoms with Gasteiger partial charge in [0, 0.05) is 12.4 Å². The first-order valence-electron chi connectivity index (χ1n) is 7.17. The monoisotopic (exact) mass is 353 g/mol. The highest BCUT2D eigenvalue weighted by Gasteiger charge is 2.27. The summed E-state index contributed by atoms with van der Waals surface area (Å²) in [4.78, 5) is 17.4. The summed E-state index contributed by atoms with van der Waals surface area (Å²) >= 11 is 0. The van der Waals surface area contributed by atoms with Gasteiger partial charge in [0.25, 0.3) is 0 Å². The lowest BCUT2D eigenvalue weighted by Crippen LogP contribution is -2.28. The first-order chi connectivity index (χ1) is 12.0. The highest BCUT2D eigenvalue weighted by atomic mass is 32.2. The van der Waals surface area contributed by atoms with Crippen molar-refractivity contribution in [2.24, 2.45) is 10.1 Å². The molecule has 124 valence electrons. The fourth-order valence-corrected chi connectivity index (χ4v) is 3.14. The van der Waals surface area contributed by atoms with Crippen molar-refractivity contribution in [2.45, 2.75) is 0 Å². The standard InChI is InChI=1S/C15H11N7O2S/c16-14-13-15(22-25(23,24)21-14)20-12(10-6-2-4-8-18-10)11(19-13)9-5-1-3-7-17-9/h1-8H,(H2,16,21)(H,20,22). The van der Waals surface area contributed by atoms with Crippen LogP contribution in [0.15, 0.2) is 53.2 Å². The Morgan fingerprint density at radius 3 is 2.00 bits per heavy atom. The molecule has 1 aliphatic heterocycles. The second kappa shape index (κ2) is 5.60. The third-order valence-corrected chi connectivity index (χ3v) is 4.29. The molecule has 0 saturated heterocycles. The van der Waals surface area contributed by atoms with Gasteiger partial charge in [0.1, 0.15) is 11.4 Å². The van der Waals surface area contributed by atoms with E-state index in [1.54, 1.807) is 42.7 Å². The number of pyridine rings is 2. The normalized spacial score (nSPS) is 15.0. The average molecular weight is 353 g/mol. The third-order valence-electron chi connectivity index (χ3n) is 3.40. The summed E-state index contributed by atoms with van der Waals surface area (Å²) in [7, 11) is -3.95. The van der Waals surface area contributed by atoms with Gasteiger partial charge in [0.15, 0.2) is 17.3 Å². The maximum Gasteiger partial charge on any atom is 0.345 e. The Morgan fingerprint density at radius 1 is 0.840 bits per heavy atom. The molecule has 4 rings (SSSR count). The molecule has 0 atom stereocenters. The van der Waals surface area contributed by atoms with Crippen molar-refractivity contribution in [1.82, 2.24) is 19.9 Å². The predicted molar refractivity (Wildman–Crippen MR) is 91.8 cm³/mol. The summed E-state index contributed by atoms with van der Waals surface area (Å²) in [5.74, 6) is -0.223. The van der Waals surface area contributed by atoms with E-state index in [1.165, 1.54) is 0 Å². The van der Waals surface area contributed by atoms with Crippen LogP contribution in [0.25, 0.3) is 22.8 Å². The van der Waals surface area contributed by atoms with Gasteiger partial charge in [-0.3, -0.25) is 9.97 Å². The molecule has 0 bridgehead atoms. The molecule has 25 heavy (non-hydrogen) atoms. The Balaban J connectivity index is 2.02. The molecule has 4 heterocycles. The van der Waals surface area contributed by atoms with Gasteiger partial charge in [-0.05, 0) is 24.3 Å². The zero-order valence-corrected chi connectivity index (χ0v) is 13.5. The Morgan fingerprint density at radius 2 is 1.44 bits per heavy atom. The summed E-state index contributed by atoms with van der Waals surface area (Å²) in [6.07, 6.45) is 3.23. The number of hydrogen-bond donors (Lipinski definition) is 2. The molecular weight excluding hydrogens is 342 g/mol. The van der Waals surface area contributed by atoms with Crippen LogP contribution in [-0.4, -0.2) is 34.2 Å². The summed E-state index contributed by atoms with van der Waals surface area (Å²) in [6.45, 7) is 0. The number of fused-ring (bicyclic) bond motifs is 1. The van der Waals surface area contributed by atoms with Crippen molar-refractivity contribution in [1.29, 1.82) is 0 Å². The van der Waals surface area contributed by atoms with E-state index in [4.69, 9.17) is 5.73 Å². The van der Waals surface area contributed by atoms with Crippen molar-refractivity contribution in [3.8, 4) is 22.8 Å². The van der Waals surface area contributed by atoms with Crippen LogP contribution in [0.5, 0.6) is 0 Å². The van der Waals surface area contributed by atoms with E-state index in [1.807, 2.05) is 6.07 Å². The number of hydrogen-bond acceptors (Lipinski definition) is 7. The molecule has 0 aliphatic carbocycles. The molecule has 0 unspecified atom stereocenters. The summed E-state index contributed by atoms with van der Waals surface area (Å²) in [5, 5.41) is 0. The predicted octanol–water partition coefficient (Wildman–Crippen LogP) is 0.976. The van der Waals surface area contributed by atoms with Gasteiger partial charge in [-0.25, -0.2) is 14.7 Å². The number of amidine groups is 1. The first kappa shape index (κ1) is 15.1. The zero-order chi connectivity index (χ0) is 17.4. The number of anilines is 1. The molecule has 0 saturated carbocycles. The number of aromatic nitrogens is 4. The summed E-state index contributed by atoms with van der Waals surface area (Å²) in [5.41, 5.74) is 7.79. The van der Waals surface area contributed by atoms with Crippen LogP contribution >= 0.6 is 0 Å². The van der Waals surface area contributed by atoms with Crippen molar-refractivity contribution in [2.75, 3.05) is 4.72 Å². The van der Waals surface area contributed by atoms with Gasteiger partial charge in [0.05, 0.1) is 11.4 Å². The van der Waals surface area contributed by atoms with E-state index < -0.39 is 10.2 Å². The van der Waals surface area contributed by atoms with Gasteiger partial charge < -0.3 is 5.73 Å². The van der Waals surface area contributed by atoms with Crippen molar-refractivity contribution in [3.05, 3.63) is 54.5 Å². The van der Waals surface area contributed by atoms with Gasteiger partial charge in [-0.15, -0.1) is 4.40 Å². The van der Waals surface area contributed by atoms with E-state index in [-0.39, 0.29) is 17.3 Å². The highest BCUT2D eigenvalue weighted by Crippen LogP contribution is 2.30. The molecular formula is C15H11N7O2S. The molecule has 0 aromatic carbocycles. The van der Waals surface area contributed by atoms with Crippen molar-refractivity contribution >= 4 is 21.9 Å². The second-order valence-corrected chi connectivity index (χ2v) is 6.44. The Hall–Kier alpha value is -3.40. The molecule has 0 spiro atoms. The third kappa shape index (κ3) is 2.78.